The first kappa shape index (κ1) is 18.2. The lowest BCUT2D eigenvalue weighted by Gasteiger charge is -2.30. The molecule has 1 heterocycles. The van der Waals surface area contributed by atoms with Gasteiger partial charge in [-0.3, -0.25) is 14.5 Å². The first-order valence-corrected chi connectivity index (χ1v) is 9.22. The number of rotatable bonds is 6. The lowest BCUT2D eigenvalue weighted by atomic mass is 9.96. The Morgan fingerprint density at radius 1 is 1.22 bits per heavy atom. The molecule has 0 unspecified atom stereocenters. The molecule has 1 fully saturated rings. The summed E-state index contributed by atoms with van der Waals surface area (Å²) in [7, 11) is 0. The van der Waals surface area contributed by atoms with Crippen LogP contribution in [0.1, 0.15) is 26.2 Å². The summed E-state index contributed by atoms with van der Waals surface area (Å²) in [5.74, 6) is 0.256. The van der Waals surface area contributed by atoms with Crippen molar-refractivity contribution in [1.82, 2.24) is 10.2 Å². The van der Waals surface area contributed by atoms with Crippen molar-refractivity contribution in [3.8, 4) is 0 Å². The van der Waals surface area contributed by atoms with Crippen LogP contribution in [-0.2, 0) is 9.59 Å². The second kappa shape index (κ2) is 9.22. The van der Waals surface area contributed by atoms with Gasteiger partial charge in [0.2, 0.25) is 11.8 Å². The van der Waals surface area contributed by atoms with Crippen molar-refractivity contribution in [3.05, 3.63) is 27.8 Å². The smallest absolute Gasteiger partial charge is 0.238 e. The Kier molecular flexibility index (Phi) is 7.29. The molecule has 0 aromatic heterocycles. The normalized spacial score (nSPS) is 16.1. The molecule has 2 N–H and O–H groups in total. The van der Waals surface area contributed by atoms with E-state index in [4.69, 9.17) is 0 Å². The van der Waals surface area contributed by atoms with Crippen LogP contribution >= 0.6 is 22.6 Å². The summed E-state index contributed by atoms with van der Waals surface area (Å²) in [4.78, 5) is 26.2. The highest BCUT2D eigenvalue weighted by Crippen LogP contribution is 2.17. The molecule has 6 heteroatoms. The van der Waals surface area contributed by atoms with Gasteiger partial charge >= 0.3 is 0 Å². The Hall–Kier alpha value is -1.15. The minimum absolute atomic E-state index is 0.0000858. The Balaban J connectivity index is 1.72. The van der Waals surface area contributed by atoms with E-state index in [-0.39, 0.29) is 17.7 Å². The second-order valence-corrected chi connectivity index (χ2v) is 7.14. The summed E-state index contributed by atoms with van der Waals surface area (Å²) in [5, 5.41) is 5.87. The van der Waals surface area contributed by atoms with Crippen LogP contribution in [0.4, 0.5) is 5.69 Å². The Labute approximate surface area is 151 Å². The second-order valence-electron chi connectivity index (χ2n) is 5.90. The monoisotopic (exact) mass is 429 g/mol. The fourth-order valence-electron chi connectivity index (χ4n) is 2.68. The van der Waals surface area contributed by atoms with Gasteiger partial charge in [-0.25, -0.2) is 0 Å². The van der Waals surface area contributed by atoms with Crippen LogP contribution in [0.3, 0.4) is 0 Å². The van der Waals surface area contributed by atoms with Crippen LogP contribution in [0.25, 0.3) is 0 Å². The molecule has 126 valence electrons. The third-order valence-corrected chi connectivity index (χ3v) is 4.72. The molecule has 1 aliphatic rings. The number of hydrogen-bond donors (Lipinski definition) is 2. The van der Waals surface area contributed by atoms with Crippen LogP contribution in [0.2, 0.25) is 0 Å². The molecule has 23 heavy (non-hydrogen) atoms. The molecule has 2 rings (SSSR count). The quantitative estimate of drug-likeness (QED) is 0.684. The van der Waals surface area contributed by atoms with Crippen molar-refractivity contribution in [2.45, 2.75) is 26.2 Å². The van der Waals surface area contributed by atoms with Crippen LogP contribution in [0.5, 0.6) is 0 Å². The van der Waals surface area contributed by atoms with Gasteiger partial charge in [0.05, 0.1) is 6.54 Å². The maximum Gasteiger partial charge on any atom is 0.238 e. The van der Waals surface area contributed by atoms with E-state index in [1.54, 1.807) is 0 Å². The summed E-state index contributed by atoms with van der Waals surface area (Å²) < 4.78 is 1.14. The van der Waals surface area contributed by atoms with E-state index in [0.717, 1.165) is 48.2 Å². The predicted molar refractivity (Wildman–Crippen MR) is 100 cm³/mol. The number of halogens is 1. The molecule has 1 aliphatic heterocycles. The number of amides is 2. The standard InChI is InChI=1S/C17H24IN3O2/c1-2-9-19-17(23)13-7-10-21(11-8-13)12-16(22)20-15-5-3-14(18)4-6-15/h3-6,13H,2,7-12H2,1H3,(H,19,23)(H,20,22). The van der Waals surface area contributed by atoms with Gasteiger partial charge in [-0.05, 0) is 79.2 Å². The van der Waals surface area contributed by atoms with Gasteiger partial charge in [-0.2, -0.15) is 0 Å². The molecule has 1 saturated heterocycles. The fraction of sp³-hybridized carbons (Fsp3) is 0.529. The molecular weight excluding hydrogens is 405 g/mol. The van der Waals surface area contributed by atoms with Crippen LogP contribution < -0.4 is 10.6 Å². The average molecular weight is 429 g/mol. The molecule has 1 aromatic carbocycles. The summed E-state index contributed by atoms with van der Waals surface area (Å²) in [6.07, 6.45) is 2.61. The van der Waals surface area contributed by atoms with E-state index < -0.39 is 0 Å². The maximum atomic E-state index is 12.1. The molecule has 0 atom stereocenters. The maximum absolute atomic E-state index is 12.1. The lowest BCUT2D eigenvalue weighted by molar-refractivity contribution is -0.126. The fourth-order valence-corrected chi connectivity index (χ4v) is 3.04. The number of hydrogen-bond acceptors (Lipinski definition) is 3. The van der Waals surface area contributed by atoms with E-state index in [9.17, 15) is 9.59 Å². The SMILES string of the molecule is CCCNC(=O)C1CCN(CC(=O)Nc2ccc(I)cc2)CC1. The van der Waals surface area contributed by atoms with Crippen molar-refractivity contribution in [3.63, 3.8) is 0 Å². The van der Waals surface area contributed by atoms with Crippen LogP contribution in [0, 0.1) is 9.49 Å². The minimum atomic E-state index is 0.0000858. The number of carbonyl (C=O) groups excluding carboxylic acids is 2. The van der Waals surface area contributed by atoms with Gasteiger partial charge in [0.25, 0.3) is 0 Å². The highest BCUT2D eigenvalue weighted by molar-refractivity contribution is 14.1. The van der Waals surface area contributed by atoms with Crippen molar-refractivity contribution in [2.75, 3.05) is 31.5 Å². The van der Waals surface area contributed by atoms with Crippen molar-refractivity contribution in [2.24, 2.45) is 5.92 Å². The van der Waals surface area contributed by atoms with E-state index in [1.807, 2.05) is 24.3 Å². The molecule has 0 spiro atoms. The third kappa shape index (κ3) is 6.10. The minimum Gasteiger partial charge on any atom is -0.356 e. The van der Waals surface area contributed by atoms with Crippen molar-refractivity contribution >= 4 is 40.1 Å². The average Bonchev–Trinajstić information content (AvgIpc) is 2.55. The number of piperidine rings is 1. The highest BCUT2D eigenvalue weighted by atomic mass is 127. The molecular formula is C17H24IN3O2. The number of nitrogens with one attached hydrogen (secondary N) is 2. The van der Waals surface area contributed by atoms with Gasteiger partial charge in [-0.1, -0.05) is 6.92 Å². The van der Waals surface area contributed by atoms with Gasteiger partial charge < -0.3 is 10.6 Å². The van der Waals surface area contributed by atoms with E-state index in [2.05, 4.69) is 45.0 Å². The van der Waals surface area contributed by atoms with E-state index in [0.29, 0.717) is 6.54 Å². The molecule has 0 saturated carbocycles. The number of benzene rings is 1. The molecule has 0 radical (unpaired) electrons. The summed E-state index contributed by atoms with van der Waals surface area (Å²) in [6.45, 7) is 4.77. The summed E-state index contributed by atoms with van der Waals surface area (Å²) in [5.41, 5.74) is 0.823. The molecule has 0 bridgehead atoms. The highest BCUT2D eigenvalue weighted by Gasteiger charge is 2.25. The van der Waals surface area contributed by atoms with Gasteiger partial charge in [-0.15, -0.1) is 0 Å². The zero-order valence-corrected chi connectivity index (χ0v) is 15.6. The number of nitrogens with zero attached hydrogens (tertiary/aromatic N) is 1. The van der Waals surface area contributed by atoms with Gasteiger partial charge in [0, 0.05) is 21.7 Å². The van der Waals surface area contributed by atoms with Gasteiger partial charge in [0.15, 0.2) is 0 Å². The van der Waals surface area contributed by atoms with Crippen LogP contribution in [-0.4, -0.2) is 42.9 Å². The van der Waals surface area contributed by atoms with Gasteiger partial charge in [0.1, 0.15) is 0 Å². The Morgan fingerprint density at radius 3 is 2.48 bits per heavy atom. The Morgan fingerprint density at radius 2 is 1.87 bits per heavy atom. The first-order valence-electron chi connectivity index (χ1n) is 8.14. The summed E-state index contributed by atoms with van der Waals surface area (Å²) >= 11 is 2.24. The number of likely N-dealkylation sites (tertiary alicyclic amines) is 1. The topological polar surface area (TPSA) is 61.4 Å². The largest absolute Gasteiger partial charge is 0.356 e. The number of carbonyl (C=O) groups is 2. The molecule has 5 nitrogen and oxygen atoms in total. The van der Waals surface area contributed by atoms with Crippen molar-refractivity contribution in [1.29, 1.82) is 0 Å². The van der Waals surface area contributed by atoms with Crippen LogP contribution in [0.15, 0.2) is 24.3 Å². The van der Waals surface area contributed by atoms with E-state index >= 15 is 0 Å². The predicted octanol–water partition coefficient (Wildman–Crippen LogP) is 2.47. The van der Waals surface area contributed by atoms with Crippen molar-refractivity contribution < 1.29 is 9.59 Å². The first-order chi connectivity index (χ1) is 11.1. The third-order valence-electron chi connectivity index (χ3n) is 4.00. The zero-order chi connectivity index (χ0) is 16.7. The summed E-state index contributed by atoms with van der Waals surface area (Å²) in [6, 6.07) is 7.75. The molecule has 2 amide bonds. The zero-order valence-electron chi connectivity index (χ0n) is 13.5. The lowest BCUT2D eigenvalue weighted by Crippen LogP contribution is -2.43. The molecule has 0 aliphatic carbocycles. The molecule has 1 aromatic rings. The number of anilines is 1. The Bertz CT molecular complexity index is 525. The van der Waals surface area contributed by atoms with E-state index in [1.165, 1.54) is 0 Å².